The van der Waals surface area contributed by atoms with Crippen LogP contribution in [0.15, 0.2) is 72.8 Å². The average Bonchev–Trinajstić information content (AvgIpc) is 3.17. The van der Waals surface area contributed by atoms with E-state index in [9.17, 15) is 4.79 Å². The van der Waals surface area contributed by atoms with E-state index in [-0.39, 0.29) is 5.91 Å². The van der Waals surface area contributed by atoms with E-state index in [2.05, 4.69) is 54.9 Å². The summed E-state index contributed by atoms with van der Waals surface area (Å²) in [4.78, 5) is 17.2. The number of carbonyl (C=O) groups is 1. The predicted molar refractivity (Wildman–Crippen MR) is 137 cm³/mol. The molecule has 4 rings (SSSR count). The van der Waals surface area contributed by atoms with Gasteiger partial charge in [-0.15, -0.1) is 0 Å². The lowest BCUT2D eigenvalue weighted by molar-refractivity contribution is -0.120. The number of nitrogens with zero attached hydrogens (tertiary/aromatic N) is 2. The summed E-state index contributed by atoms with van der Waals surface area (Å²) in [6, 6.07) is 24.4. The molecule has 3 aromatic carbocycles. The summed E-state index contributed by atoms with van der Waals surface area (Å²) in [5.74, 6) is 2.34. The number of ether oxygens (including phenoxy) is 1. The topological polar surface area (TPSA) is 56.1 Å². The number of aromatic nitrogens is 2. The zero-order chi connectivity index (χ0) is 23.9. The van der Waals surface area contributed by atoms with Gasteiger partial charge in [0.05, 0.1) is 24.0 Å². The van der Waals surface area contributed by atoms with E-state index in [1.54, 1.807) is 0 Å². The first kappa shape index (κ1) is 23.6. The fourth-order valence-electron chi connectivity index (χ4n) is 4.21. The Labute approximate surface area is 201 Å². The molecule has 5 heteroatoms. The number of aryl methyl sites for hydroxylation is 1. The highest BCUT2D eigenvalue weighted by molar-refractivity contribution is 5.78. The maximum atomic E-state index is 12.3. The molecule has 1 heterocycles. The maximum Gasteiger partial charge on any atom is 0.224 e. The predicted octanol–water partition coefficient (Wildman–Crippen LogP) is 5.45. The van der Waals surface area contributed by atoms with Gasteiger partial charge in [0, 0.05) is 13.0 Å². The molecule has 4 aromatic rings. The minimum atomic E-state index is 0.0258. The van der Waals surface area contributed by atoms with Crippen LogP contribution in [0.25, 0.3) is 11.0 Å². The summed E-state index contributed by atoms with van der Waals surface area (Å²) in [7, 11) is 0. The monoisotopic (exact) mass is 455 g/mol. The number of fused-ring (bicyclic) bond motifs is 1. The Hall–Kier alpha value is -3.60. The van der Waals surface area contributed by atoms with Crippen LogP contribution in [-0.4, -0.2) is 28.6 Å². The minimum absolute atomic E-state index is 0.0258. The molecule has 1 N–H and O–H groups in total. The summed E-state index contributed by atoms with van der Waals surface area (Å²) in [6.07, 6.45) is 1.05. The second kappa shape index (κ2) is 11.0. The van der Waals surface area contributed by atoms with Crippen LogP contribution in [-0.2, 0) is 24.2 Å². The molecule has 0 unspecified atom stereocenters. The second-order valence-corrected chi connectivity index (χ2v) is 8.98. The number of carbonyl (C=O) groups excluding carboxylic acids is 1. The summed E-state index contributed by atoms with van der Waals surface area (Å²) in [6.45, 7) is 8.25. The van der Waals surface area contributed by atoms with Crippen molar-refractivity contribution in [2.75, 3.05) is 13.2 Å². The van der Waals surface area contributed by atoms with Crippen LogP contribution in [0, 0.1) is 6.92 Å². The van der Waals surface area contributed by atoms with Gasteiger partial charge in [-0.2, -0.15) is 0 Å². The van der Waals surface area contributed by atoms with Crippen LogP contribution >= 0.6 is 0 Å². The Kier molecular flexibility index (Phi) is 7.63. The molecule has 0 saturated carbocycles. The number of hydrogen-bond donors (Lipinski definition) is 1. The van der Waals surface area contributed by atoms with Crippen LogP contribution < -0.4 is 10.1 Å². The molecule has 0 atom stereocenters. The molecule has 1 aromatic heterocycles. The highest BCUT2D eigenvalue weighted by Gasteiger charge is 2.13. The number of hydrogen-bond acceptors (Lipinski definition) is 3. The Morgan fingerprint density at radius 3 is 2.59 bits per heavy atom. The van der Waals surface area contributed by atoms with Gasteiger partial charge in [0.15, 0.2) is 0 Å². The van der Waals surface area contributed by atoms with Crippen molar-refractivity contribution in [3.05, 3.63) is 95.3 Å². The number of nitrogens with one attached hydrogen (secondary N) is 1. The van der Waals surface area contributed by atoms with Crippen molar-refractivity contribution in [3.63, 3.8) is 0 Å². The zero-order valence-electron chi connectivity index (χ0n) is 20.3. The lowest BCUT2D eigenvalue weighted by atomic mass is 10.0. The van der Waals surface area contributed by atoms with Gasteiger partial charge in [-0.05, 0) is 47.7 Å². The summed E-state index contributed by atoms with van der Waals surface area (Å²) < 4.78 is 8.46. The summed E-state index contributed by atoms with van der Waals surface area (Å²) in [5.41, 5.74) is 5.49. The van der Waals surface area contributed by atoms with E-state index in [1.807, 2.05) is 48.5 Å². The molecule has 0 saturated heterocycles. The molecule has 0 aliphatic heterocycles. The van der Waals surface area contributed by atoms with Crippen molar-refractivity contribution in [1.82, 2.24) is 14.9 Å². The molecule has 0 bridgehead atoms. The zero-order valence-corrected chi connectivity index (χ0v) is 20.3. The first-order valence-electron chi connectivity index (χ1n) is 12.0. The van der Waals surface area contributed by atoms with Crippen LogP contribution in [0.1, 0.15) is 42.3 Å². The van der Waals surface area contributed by atoms with E-state index in [4.69, 9.17) is 9.72 Å². The lowest BCUT2D eigenvalue weighted by Crippen LogP contribution is -2.28. The van der Waals surface area contributed by atoms with E-state index in [1.165, 1.54) is 11.1 Å². The standard InChI is InChI=1S/C29H33N3O2/c1-21(2)24-14-13-22(3)19-27(24)34-18-17-32-26-12-8-7-11-25(26)31-28(32)15-16-30-29(33)20-23-9-5-4-6-10-23/h4-14,19,21H,15-18,20H2,1-3H3,(H,30,33). The molecule has 0 fully saturated rings. The largest absolute Gasteiger partial charge is 0.491 e. The highest BCUT2D eigenvalue weighted by atomic mass is 16.5. The summed E-state index contributed by atoms with van der Waals surface area (Å²) >= 11 is 0. The molecule has 0 spiro atoms. The smallest absolute Gasteiger partial charge is 0.224 e. The van der Waals surface area contributed by atoms with E-state index in [0.717, 1.165) is 28.2 Å². The Morgan fingerprint density at radius 2 is 1.79 bits per heavy atom. The molecule has 0 radical (unpaired) electrons. The molecule has 5 nitrogen and oxygen atoms in total. The van der Waals surface area contributed by atoms with Crippen molar-refractivity contribution >= 4 is 16.9 Å². The average molecular weight is 456 g/mol. The van der Waals surface area contributed by atoms with Gasteiger partial charge in [0.25, 0.3) is 0 Å². The van der Waals surface area contributed by atoms with Gasteiger partial charge in [0.2, 0.25) is 5.91 Å². The van der Waals surface area contributed by atoms with Crippen LogP contribution in [0.3, 0.4) is 0 Å². The molecular weight excluding hydrogens is 422 g/mol. The number of amides is 1. The van der Waals surface area contributed by atoms with Crippen LogP contribution in [0.5, 0.6) is 5.75 Å². The number of imidazole rings is 1. The Morgan fingerprint density at radius 1 is 1.03 bits per heavy atom. The molecule has 0 aliphatic carbocycles. The lowest BCUT2D eigenvalue weighted by Gasteiger charge is -2.16. The van der Waals surface area contributed by atoms with Crippen LogP contribution in [0.2, 0.25) is 0 Å². The van der Waals surface area contributed by atoms with Gasteiger partial charge >= 0.3 is 0 Å². The first-order valence-corrected chi connectivity index (χ1v) is 12.0. The van der Waals surface area contributed by atoms with Gasteiger partial charge in [0.1, 0.15) is 18.2 Å². The van der Waals surface area contributed by atoms with Crippen molar-refractivity contribution in [1.29, 1.82) is 0 Å². The highest BCUT2D eigenvalue weighted by Crippen LogP contribution is 2.27. The quantitative estimate of drug-likeness (QED) is 0.346. The van der Waals surface area contributed by atoms with Crippen molar-refractivity contribution < 1.29 is 9.53 Å². The third kappa shape index (κ3) is 5.84. The second-order valence-electron chi connectivity index (χ2n) is 8.98. The van der Waals surface area contributed by atoms with Gasteiger partial charge < -0.3 is 14.6 Å². The third-order valence-corrected chi connectivity index (χ3v) is 5.98. The number of benzene rings is 3. The Bertz CT molecular complexity index is 1240. The van der Waals surface area contributed by atoms with Crippen molar-refractivity contribution in [2.24, 2.45) is 0 Å². The molecular formula is C29H33N3O2. The fourth-order valence-corrected chi connectivity index (χ4v) is 4.21. The van der Waals surface area contributed by atoms with E-state index < -0.39 is 0 Å². The van der Waals surface area contributed by atoms with Crippen molar-refractivity contribution in [3.8, 4) is 5.75 Å². The normalized spacial score (nSPS) is 11.2. The fraction of sp³-hybridized carbons (Fsp3) is 0.310. The van der Waals surface area contributed by atoms with E-state index in [0.29, 0.717) is 38.5 Å². The molecule has 0 aliphatic rings. The number of para-hydroxylation sites is 2. The summed E-state index contributed by atoms with van der Waals surface area (Å²) in [5, 5.41) is 3.04. The van der Waals surface area contributed by atoms with Gasteiger partial charge in [-0.1, -0.05) is 68.4 Å². The number of rotatable bonds is 10. The maximum absolute atomic E-state index is 12.3. The third-order valence-electron chi connectivity index (χ3n) is 5.98. The van der Waals surface area contributed by atoms with Gasteiger partial charge in [-0.25, -0.2) is 4.98 Å². The molecule has 1 amide bonds. The molecule has 34 heavy (non-hydrogen) atoms. The van der Waals surface area contributed by atoms with E-state index >= 15 is 0 Å². The minimum Gasteiger partial charge on any atom is -0.491 e. The van der Waals surface area contributed by atoms with Crippen LogP contribution in [0.4, 0.5) is 0 Å². The SMILES string of the molecule is Cc1ccc(C(C)C)c(OCCn2c(CCNC(=O)Cc3ccccc3)nc3ccccc32)c1. The molecule has 176 valence electrons. The van der Waals surface area contributed by atoms with Crippen molar-refractivity contribution in [2.45, 2.75) is 46.1 Å². The first-order chi connectivity index (χ1) is 16.5. The van der Waals surface area contributed by atoms with Gasteiger partial charge in [-0.3, -0.25) is 4.79 Å². The Balaban J connectivity index is 1.41.